The van der Waals surface area contributed by atoms with Crippen LogP contribution in [0.2, 0.25) is 0 Å². The summed E-state index contributed by atoms with van der Waals surface area (Å²) in [6.45, 7) is 1.38. The lowest BCUT2D eigenvalue weighted by Crippen LogP contribution is -2.35. The number of ether oxygens (including phenoxy) is 1. The smallest absolute Gasteiger partial charge is 0.306 e. The van der Waals surface area contributed by atoms with Crippen molar-refractivity contribution in [2.24, 2.45) is 11.8 Å². The summed E-state index contributed by atoms with van der Waals surface area (Å²) < 4.78 is 5.75. The van der Waals surface area contributed by atoms with E-state index in [1.54, 1.807) is 0 Å². The first-order valence-electron chi connectivity index (χ1n) is 8.29. The zero-order valence-corrected chi connectivity index (χ0v) is 12.7. The Kier molecular flexibility index (Phi) is 6.49. The van der Waals surface area contributed by atoms with Crippen LogP contribution in [0.15, 0.2) is 0 Å². The molecule has 0 heterocycles. The van der Waals surface area contributed by atoms with Crippen molar-refractivity contribution in [2.45, 2.75) is 63.9 Å². The molecule has 2 aliphatic rings. The molecule has 1 amide bonds. The number of hydrogen-bond donors (Lipinski definition) is 2. The Hall–Kier alpha value is -1.10. The van der Waals surface area contributed by atoms with Gasteiger partial charge in [-0.05, 0) is 44.9 Å². The largest absolute Gasteiger partial charge is 0.481 e. The lowest BCUT2D eigenvalue weighted by Gasteiger charge is -2.25. The van der Waals surface area contributed by atoms with E-state index in [9.17, 15) is 9.59 Å². The summed E-state index contributed by atoms with van der Waals surface area (Å²) in [6, 6.07) is 0. The van der Waals surface area contributed by atoms with Crippen molar-refractivity contribution < 1.29 is 19.4 Å². The third-order valence-corrected chi connectivity index (χ3v) is 4.72. The Bertz CT molecular complexity index is 344. The normalized spacial score (nSPS) is 26.7. The van der Waals surface area contributed by atoms with E-state index >= 15 is 0 Å². The first-order chi connectivity index (χ1) is 10.2. The van der Waals surface area contributed by atoms with E-state index in [1.165, 1.54) is 25.7 Å². The van der Waals surface area contributed by atoms with Crippen molar-refractivity contribution in [1.82, 2.24) is 5.32 Å². The van der Waals surface area contributed by atoms with E-state index in [0.717, 1.165) is 13.0 Å². The van der Waals surface area contributed by atoms with Crippen LogP contribution in [0.3, 0.4) is 0 Å². The highest BCUT2D eigenvalue weighted by molar-refractivity contribution is 5.79. The van der Waals surface area contributed by atoms with Crippen LogP contribution >= 0.6 is 0 Å². The summed E-state index contributed by atoms with van der Waals surface area (Å²) in [7, 11) is 0. The molecular formula is C16H27NO4. The molecule has 0 atom stereocenters. The second-order valence-corrected chi connectivity index (χ2v) is 6.31. The summed E-state index contributed by atoms with van der Waals surface area (Å²) in [5.74, 6) is -0.900. The second-order valence-electron chi connectivity index (χ2n) is 6.31. The van der Waals surface area contributed by atoms with Gasteiger partial charge in [0, 0.05) is 19.1 Å². The molecule has 0 unspecified atom stereocenters. The molecule has 2 N–H and O–H groups in total. The number of amides is 1. The fraction of sp³-hybridized carbons (Fsp3) is 0.875. The van der Waals surface area contributed by atoms with Gasteiger partial charge in [0.05, 0.1) is 12.0 Å². The number of hydrogen-bond acceptors (Lipinski definition) is 3. The van der Waals surface area contributed by atoms with Gasteiger partial charge < -0.3 is 15.2 Å². The van der Waals surface area contributed by atoms with Gasteiger partial charge in [-0.3, -0.25) is 9.59 Å². The van der Waals surface area contributed by atoms with Crippen molar-refractivity contribution in [1.29, 1.82) is 0 Å². The van der Waals surface area contributed by atoms with E-state index in [4.69, 9.17) is 9.84 Å². The predicted molar refractivity (Wildman–Crippen MR) is 78.9 cm³/mol. The van der Waals surface area contributed by atoms with Crippen LogP contribution in [0.25, 0.3) is 0 Å². The Morgan fingerprint density at radius 3 is 2.24 bits per heavy atom. The molecule has 5 nitrogen and oxygen atoms in total. The van der Waals surface area contributed by atoms with Gasteiger partial charge in [0.25, 0.3) is 0 Å². The van der Waals surface area contributed by atoms with Crippen LogP contribution in [0.5, 0.6) is 0 Å². The van der Waals surface area contributed by atoms with E-state index in [-0.39, 0.29) is 17.7 Å². The molecule has 2 aliphatic carbocycles. The Balaban J connectivity index is 1.52. The minimum absolute atomic E-state index is 0.00338. The summed E-state index contributed by atoms with van der Waals surface area (Å²) in [5, 5.41) is 11.9. The fourth-order valence-corrected chi connectivity index (χ4v) is 3.34. The number of rotatable bonds is 7. The monoisotopic (exact) mass is 297 g/mol. The van der Waals surface area contributed by atoms with E-state index < -0.39 is 5.97 Å². The van der Waals surface area contributed by atoms with Gasteiger partial charge in [-0.25, -0.2) is 0 Å². The maximum Gasteiger partial charge on any atom is 0.306 e. The molecule has 21 heavy (non-hydrogen) atoms. The summed E-state index contributed by atoms with van der Waals surface area (Å²) >= 11 is 0. The van der Waals surface area contributed by atoms with Gasteiger partial charge in [-0.15, -0.1) is 0 Å². The van der Waals surface area contributed by atoms with Gasteiger partial charge in [0.2, 0.25) is 5.91 Å². The van der Waals surface area contributed by atoms with Crippen molar-refractivity contribution in [2.75, 3.05) is 13.2 Å². The highest BCUT2D eigenvalue weighted by atomic mass is 16.5. The Morgan fingerprint density at radius 2 is 1.62 bits per heavy atom. The van der Waals surface area contributed by atoms with Gasteiger partial charge in [0.15, 0.2) is 0 Å². The van der Waals surface area contributed by atoms with Gasteiger partial charge in [-0.2, -0.15) is 0 Å². The lowest BCUT2D eigenvalue weighted by molar-refractivity contribution is -0.144. The summed E-state index contributed by atoms with van der Waals surface area (Å²) in [6.07, 6.45) is 8.84. The lowest BCUT2D eigenvalue weighted by atomic mass is 9.81. The molecule has 0 aromatic rings. The van der Waals surface area contributed by atoms with Crippen molar-refractivity contribution in [3.63, 3.8) is 0 Å². The minimum atomic E-state index is -0.724. The summed E-state index contributed by atoms with van der Waals surface area (Å²) in [5.41, 5.74) is 0. The zero-order chi connectivity index (χ0) is 15.1. The Morgan fingerprint density at radius 1 is 1.00 bits per heavy atom. The molecule has 2 saturated carbocycles. The molecule has 5 heteroatoms. The third-order valence-electron chi connectivity index (χ3n) is 4.72. The van der Waals surface area contributed by atoms with E-state index in [1.807, 2.05) is 0 Å². The fourth-order valence-electron chi connectivity index (χ4n) is 3.34. The molecule has 2 fully saturated rings. The molecule has 0 aromatic carbocycles. The molecule has 2 rings (SSSR count). The van der Waals surface area contributed by atoms with Gasteiger partial charge >= 0.3 is 5.97 Å². The highest BCUT2D eigenvalue weighted by Gasteiger charge is 2.29. The number of aliphatic carboxylic acids is 1. The second kappa shape index (κ2) is 8.37. The van der Waals surface area contributed by atoms with Crippen LogP contribution in [0.1, 0.15) is 57.8 Å². The molecule has 0 aliphatic heterocycles. The number of carbonyl (C=O) groups excluding carboxylic acids is 1. The average Bonchev–Trinajstić information content (AvgIpc) is 3.00. The molecule has 0 saturated heterocycles. The molecule has 0 bridgehead atoms. The first-order valence-corrected chi connectivity index (χ1v) is 8.29. The number of nitrogens with one attached hydrogen (secondary N) is 1. The molecule has 0 aromatic heterocycles. The number of carboxylic acids is 1. The first kappa shape index (κ1) is 16.3. The van der Waals surface area contributed by atoms with Crippen molar-refractivity contribution >= 4 is 11.9 Å². The van der Waals surface area contributed by atoms with Crippen LogP contribution in [-0.2, 0) is 14.3 Å². The van der Waals surface area contributed by atoms with E-state index in [2.05, 4.69) is 5.32 Å². The van der Waals surface area contributed by atoms with Crippen molar-refractivity contribution in [3.05, 3.63) is 0 Å². The SMILES string of the molecule is O=C(O)C1CCC(C(=O)NCCCOC2CCCC2)CC1. The van der Waals surface area contributed by atoms with E-state index in [0.29, 0.717) is 38.3 Å². The minimum Gasteiger partial charge on any atom is -0.481 e. The third kappa shape index (κ3) is 5.30. The molecular weight excluding hydrogens is 270 g/mol. The molecule has 0 radical (unpaired) electrons. The van der Waals surface area contributed by atoms with Crippen LogP contribution in [0, 0.1) is 11.8 Å². The zero-order valence-electron chi connectivity index (χ0n) is 12.7. The standard InChI is InChI=1S/C16H27NO4/c18-15(12-6-8-13(9-7-12)16(19)20)17-10-3-11-21-14-4-1-2-5-14/h12-14H,1-11H2,(H,17,18)(H,19,20). The van der Waals surface area contributed by atoms with Gasteiger partial charge in [-0.1, -0.05) is 12.8 Å². The number of carboxylic acid groups (broad SMARTS) is 1. The highest BCUT2D eigenvalue weighted by Crippen LogP contribution is 2.29. The molecule has 0 spiro atoms. The topological polar surface area (TPSA) is 75.6 Å². The maximum absolute atomic E-state index is 12.0. The predicted octanol–water partition coefficient (Wildman–Crippen LogP) is 2.34. The Labute approximate surface area is 126 Å². The molecule has 120 valence electrons. The maximum atomic E-state index is 12.0. The number of carbonyl (C=O) groups is 2. The van der Waals surface area contributed by atoms with Crippen LogP contribution < -0.4 is 5.32 Å². The van der Waals surface area contributed by atoms with Crippen molar-refractivity contribution in [3.8, 4) is 0 Å². The summed E-state index contributed by atoms with van der Waals surface area (Å²) in [4.78, 5) is 22.9. The average molecular weight is 297 g/mol. The van der Waals surface area contributed by atoms with Crippen LogP contribution in [-0.4, -0.2) is 36.2 Å². The quantitative estimate of drug-likeness (QED) is 0.707. The van der Waals surface area contributed by atoms with Gasteiger partial charge in [0.1, 0.15) is 0 Å². The van der Waals surface area contributed by atoms with Crippen LogP contribution in [0.4, 0.5) is 0 Å².